The van der Waals surface area contributed by atoms with Gasteiger partial charge in [0.25, 0.3) is 0 Å². The van der Waals surface area contributed by atoms with Gasteiger partial charge in [0.1, 0.15) is 5.82 Å². The summed E-state index contributed by atoms with van der Waals surface area (Å²) in [7, 11) is 2.17. The normalized spacial score (nSPS) is 18.2. The van der Waals surface area contributed by atoms with Crippen LogP contribution in [0, 0.1) is 5.82 Å². The molecule has 5 nitrogen and oxygen atoms in total. The largest absolute Gasteiger partial charge is 0.357 e. The summed E-state index contributed by atoms with van der Waals surface area (Å²) >= 11 is 0. The van der Waals surface area contributed by atoms with Crippen molar-refractivity contribution in [1.82, 2.24) is 20.4 Å². The van der Waals surface area contributed by atoms with Gasteiger partial charge in [-0.05, 0) is 38.9 Å². The van der Waals surface area contributed by atoms with Crippen LogP contribution in [-0.2, 0) is 6.42 Å². The lowest BCUT2D eigenvalue weighted by Crippen LogP contribution is -2.49. The van der Waals surface area contributed by atoms with Crippen LogP contribution in [0.15, 0.2) is 29.3 Å². The highest BCUT2D eigenvalue weighted by atomic mass is 19.1. The Hall–Kier alpha value is -1.66. The van der Waals surface area contributed by atoms with Crippen LogP contribution >= 0.6 is 0 Å². The Balaban J connectivity index is 1.80. The van der Waals surface area contributed by atoms with E-state index in [1.54, 1.807) is 6.07 Å². The van der Waals surface area contributed by atoms with Gasteiger partial charge in [-0.3, -0.25) is 9.89 Å². The Morgan fingerprint density at radius 3 is 2.60 bits per heavy atom. The number of nitrogens with one attached hydrogen (secondary N) is 2. The summed E-state index contributed by atoms with van der Waals surface area (Å²) in [6, 6.07) is 7.35. The van der Waals surface area contributed by atoms with Crippen molar-refractivity contribution in [3.05, 3.63) is 35.6 Å². The van der Waals surface area contributed by atoms with Crippen molar-refractivity contribution in [2.75, 3.05) is 52.9 Å². The first-order valence-electron chi connectivity index (χ1n) is 9.28. The maximum absolute atomic E-state index is 13.7. The summed E-state index contributed by atoms with van der Waals surface area (Å²) < 4.78 is 13.7. The van der Waals surface area contributed by atoms with Crippen molar-refractivity contribution in [3.63, 3.8) is 0 Å². The van der Waals surface area contributed by atoms with E-state index in [0.717, 1.165) is 50.8 Å². The van der Waals surface area contributed by atoms with Gasteiger partial charge in [0.15, 0.2) is 5.96 Å². The molecule has 2 rings (SSSR count). The molecule has 1 aliphatic rings. The number of nitrogens with zero attached hydrogens (tertiary/aromatic N) is 3. The Morgan fingerprint density at radius 1 is 1.20 bits per heavy atom. The molecule has 1 aliphatic heterocycles. The van der Waals surface area contributed by atoms with Gasteiger partial charge in [0.05, 0.1) is 6.54 Å². The molecule has 1 aromatic carbocycles. The molecule has 25 heavy (non-hydrogen) atoms. The first kappa shape index (κ1) is 19.7. The van der Waals surface area contributed by atoms with Crippen LogP contribution in [-0.4, -0.2) is 74.7 Å². The predicted octanol–water partition coefficient (Wildman–Crippen LogP) is 1.56. The van der Waals surface area contributed by atoms with Crippen molar-refractivity contribution in [3.8, 4) is 0 Å². The predicted molar refractivity (Wildman–Crippen MR) is 103 cm³/mol. The number of benzene rings is 1. The third-order valence-electron chi connectivity index (χ3n) is 4.66. The van der Waals surface area contributed by atoms with E-state index in [9.17, 15) is 4.39 Å². The zero-order valence-electron chi connectivity index (χ0n) is 15.8. The van der Waals surface area contributed by atoms with Crippen LogP contribution in [0.3, 0.4) is 0 Å². The molecule has 0 saturated carbocycles. The number of halogens is 1. The average Bonchev–Trinajstić information content (AvgIpc) is 2.61. The highest BCUT2D eigenvalue weighted by Crippen LogP contribution is 2.07. The van der Waals surface area contributed by atoms with Crippen LogP contribution in [0.1, 0.15) is 19.4 Å². The van der Waals surface area contributed by atoms with Gasteiger partial charge in [-0.1, -0.05) is 18.2 Å². The quantitative estimate of drug-likeness (QED) is 0.579. The Morgan fingerprint density at radius 2 is 1.92 bits per heavy atom. The standard InChI is InChI=1S/C19H32FN5/c1-4-21-19(22-10-9-17-7-5-6-8-18(17)20)23-15-16(2)25-13-11-24(3)12-14-25/h5-8,16H,4,9-15H2,1-3H3,(H2,21,22,23). The number of rotatable bonds is 7. The first-order chi connectivity index (χ1) is 12.1. The lowest BCUT2D eigenvalue weighted by molar-refractivity contribution is 0.122. The summed E-state index contributed by atoms with van der Waals surface area (Å²) in [5.41, 5.74) is 0.733. The molecule has 140 valence electrons. The van der Waals surface area contributed by atoms with E-state index in [-0.39, 0.29) is 5.82 Å². The number of piperazine rings is 1. The van der Waals surface area contributed by atoms with Gasteiger partial charge < -0.3 is 15.5 Å². The van der Waals surface area contributed by atoms with Crippen molar-refractivity contribution in [2.24, 2.45) is 4.99 Å². The monoisotopic (exact) mass is 349 g/mol. The molecule has 0 bridgehead atoms. The summed E-state index contributed by atoms with van der Waals surface area (Å²) in [5.74, 6) is 0.662. The number of hydrogen-bond donors (Lipinski definition) is 2. The Bertz CT molecular complexity index is 540. The topological polar surface area (TPSA) is 42.9 Å². The zero-order valence-corrected chi connectivity index (χ0v) is 15.8. The molecular formula is C19H32FN5. The molecule has 1 saturated heterocycles. The van der Waals surface area contributed by atoms with E-state index < -0.39 is 0 Å². The van der Waals surface area contributed by atoms with E-state index in [4.69, 9.17) is 4.99 Å². The zero-order chi connectivity index (χ0) is 18.1. The van der Waals surface area contributed by atoms with Crippen LogP contribution in [0.2, 0.25) is 0 Å². The van der Waals surface area contributed by atoms with E-state index in [1.165, 1.54) is 6.07 Å². The molecule has 1 unspecified atom stereocenters. The lowest BCUT2D eigenvalue weighted by Gasteiger charge is -2.35. The minimum absolute atomic E-state index is 0.144. The summed E-state index contributed by atoms with van der Waals surface area (Å²) in [5, 5.41) is 6.57. The fourth-order valence-corrected chi connectivity index (χ4v) is 2.96. The molecule has 6 heteroatoms. The number of aliphatic imine (C=N–C) groups is 1. The molecule has 1 fully saturated rings. The third-order valence-corrected chi connectivity index (χ3v) is 4.66. The SMILES string of the molecule is CCNC(=NCC(C)N1CCN(C)CC1)NCCc1ccccc1F. The molecule has 1 heterocycles. The Kier molecular flexibility index (Phi) is 8.15. The highest BCUT2D eigenvalue weighted by molar-refractivity contribution is 5.79. The molecule has 2 N–H and O–H groups in total. The fraction of sp³-hybridized carbons (Fsp3) is 0.632. The van der Waals surface area contributed by atoms with Crippen LogP contribution in [0.5, 0.6) is 0 Å². The summed E-state index contributed by atoms with van der Waals surface area (Å²) in [6.07, 6.45) is 0.644. The molecule has 0 aromatic heterocycles. The molecule has 0 amide bonds. The lowest BCUT2D eigenvalue weighted by atomic mass is 10.1. The van der Waals surface area contributed by atoms with E-state index >= 15 is 0 Å². The van der Waals surface area contributed by atoms with Crippen molar-refractivity contribution in [2.45, 2.75) is 26.3 Å². The van der Waals surface area contributed by atoms with Crippen LogP contribution in [0.4, 0.5) is 4.39 Å². The molecular weight excluding hydrogens is 317 g/mol. The minimum atomic E-state index is -0.144. The molecule has 0 radical (unpaired) electrons. The highest BCUT2D eigenvalue weighted by Gasteiger charge is 2.18. The summed E-state index contributed by atoms with van der Waals surface area (Å²) in [6.45, 7) is 11.0. The number of likely N-dealkylation sites (N-methyl/N-ethyl adjacent to an activating group) is 1. The molecule has 0 spiro atoms. The summed E-state index contributed by atoms with van der Waals surface area (Å²) in [4.78, 5) is 9.56. The maximum Gasteiger partial charge on any atom is 0.191 e. The van der Waals surface area contributed by atoms with E-state index in [2.05, 4.69) is 41.3 Å². The van der Waals surface area contributed by atoms with Crippen LogP contribution < -0.4 is 10.6 Å². The second-order valence-corrected chi connectivity index (χ2v) is 6.68. The second-order valence-electron chi connectivity index (χ2n) is 6.68. The smallest absolute Gasteiger partial charge is 0.191 e. The maximum atomic E-state index is 13.7. The second kappa shape index (κ2) is 10.4. The van der Waals surface area contributed by atoms with Gasteiger partial charge in [-0.25, -0.2) is 4.39 Å². The van der Waals surface area contributed by atoms with E-state index in [1.807, 2.05) is 12.1 Å². The van der Waals surface area contributed by atoms with Crippen molar-refractivity contribution >= 4 is 5.96 Å². The average molecular weight is 349 g/mol. The molecule has 1 aromatic rings. The van der Waals surface area contributed by atoms with Gasteiger partial charge >= 0.3 is 0 Å². The fourth-order valence-electron chi connectivity index (χ4n) is 2.96. The minimum Gasteiger partial charge on any atom is -0.357 e. The van der Waals surface area contributed by atoms with Crippen molar-refractivity contribution < 1.29 is 4.39 Å². The first-order valence-corrected chi connectivity index (χ1v) is 9.28. The van der Waals surface area contributed by atoms with Gasteiger partial charge in [0, 0.05) is 45.3 Å². The number of guanidine groups is 1. The Labute approximate surface area is 151 Å². The molecule has 0 aliphatic carbocycles. The van der Waals surface area contributed by atoms with Crippen molar-refractivity contribution in [1.29, 1.82) is 0 Å². The van der Waals surface area contributed by atoms with Gasteiger partial charge in [-0.2, -0.15) is 0 Å². The number of hydrogen-bond acceptors (Lipinski definition) is 3. The third kappa shape index (κ3) is 6.63. The van der Waals surface area contributed by atoms with E-state index in [0.29, 0.717) is 19.0 Å². The van der Waals surface area contributed by atoms with Crippen LogP contribution in [0.25, 0.3) is 0 Å². The van der Waals surface area contributed by atoms with Gasteiger partial charge in [0.2, 0.25) is 0 Å². The molecule has 1 atom stereocenters. The van der Waals surface area contributed by atoms with Gasteiger partial charge in [-0.15, -0.1) is 0 Å².